The van der Waals surface area contributed by atoms with E-state index in [0.29, 0.717) is 6.04 Å². The molecular weight excluding hydrogens is 218 g/mol. The van der Waals surface area contributed by atoms with Crippen LogP contribution in [0.4, 0.5) is 0 Å². The Bertz CT molecular complexity index is 458. The van der Waals surface area contributed by atoms with Gasteiger partial charge in [-0.1, -0.05) is 0 Å². The molecule has 2 aromatic heterocycles. The number of aryl methyl sites for hydroxylation is 1. The molecule has 2 aromatic rings. The first-order valence-electron chi connectivity index (χ1n) is 5.43. The van der Waals surface area contributed by atoms with Gasteiger partial charge in [-0.05, 0) is 32.5 Å². The number of rotatable bonds is 4. The Morgan fingerprint density at radius 3 is 3.00 bits per heavy atom. The van der Waals surface area contributed by atoms with Gasteiger partial charge >= 0.3 is 0 Å². The summed E-state index contributed by atoms with van der Waals surface area (Å²) >= 11 is 1.72. The minimum absolute atomic E-state index is 0.402. The van der Waals surface area contributed by atoms with Crippen molar-refractivity contribution in [2.24, 2.45) is 0 Å². The van der Waals surface area contributed by atoms with Crippen LogP contribution in [-0.4, -0.2) is 16.6 Å². The van der Waals surface area contributed by atoms with Crippen molar-refractivity contribution in [3.8, 4) is 0 Å². The van der Waals surface area contributed by atoms with Crippen LogP contribution in [0.2, 0.25) is 0 Å². The molecule has 0 aromatic carbocycles. The molecule has 0 aliphatic rings. The van der Waals surface area contributed by atoms with Gasteiger partial charge in [0.15, 0.2) is 0 Å². The highest BCUT2D eigenvalue weighted by Gasteiger charge is 2.05. The average molecular weight is 235 g/mol. The molecule has 0 spiro atoms. The second-order valence-electron chi connectivity index (χ2n) is 4.01. The molecule has 86 valence electrons. The Morgan fingerprint density at radius 2 is 2.38 bits per heavy atom. The molecule has 3 nitrogen and oxygen atoms in total. The minimum Gasteiger partial charge on any atom is -0.347 e. The van der Waals surface area contributed by atoms with Crippen LogP contribution in [0.1, 0.15) is 29.2 Å². The van der Waals surface area contributed by atoms with Gasteiger partial charge in [-0.2, -0.15) is 0 Å². The summed E-state index contributed by atoms with van der Waals surface area (Å²) in [6.07, 6.45) is 4.29. The maximum Gasteiger partial charge on any atom is 0.113 e. The third-order valence-electron chi connectivity index (χ3n) is 2.69. The second kappa shape index (κ2) is 4.80. The Hall–Kier alpha value is -1.13. The molecule has 1 N–H and O–H groups in total. The maximum atomic E-state index is 4.46. The first-order valence-corrected chi connectivity index (χ1v) is 6.31. The molecule has 0 fully saturated rings. The zero-order chi connectivity index (χ0) is 11.5. The van der Waals surface area contributed by atoms with Crippen molar-refractivity contribution in [1.29, 1.82) is 0 Å². The van der Waals surface area contributed by atoms with Gasteiger partial charge < -0.3 is 9.88 Å². The fraction of sp³-hybridized carbons (Fsp3) is 0.417. The monoisotopic (exact) mass is 235 g/mol. The molecular formula is C12H17N3S. The molecule has 0 radical (unpaired) electrons. The van der Waals surface area contributed by atoms with Gasteiger partial charge in [-0.25, -0.2) is 4.98 Å². The molecule has 0 aliphatic heterocycles. The molecule has 2 rings (SSSR count). The standard InChI is InChI=1S/C12H17N3S/c1-9-8-16-12(14-9)7-15-5-4-11(6-15)10(2)13-3/h4-6,8,10,13H,7H2,1-3H3. The van der Waals surface area contributed by atoms with E-state index in [0.717, 1.165) is 17.2 Å². The number of nitrogens with one attached hydrogen (secondary N) is 1. The molecule has 1 atom stereocenters. The predicted octanol–water partition coefficient (Wildman–Crippen LogP) is 2.58. The molecule has 2 heterocycles. The van der Waals surface area contributed by atoms with E-state index < -0.39 is 0 Å². The summed E-state index contributed by atoms with van der Waals surface area (Å²) in [7, 11) is 1.98. The molecule has 4 heteroatoms. The van der Waals surface area contributed by atoms with Gasteiger partial charge in [0.2, 0.25) is 0 Å². The first kappa shape index (κ1) is 11.4. The van der Waals surface area contributed by atoms with Crippen LogP contribution in [0.3, 0.4) is 0 Å². The van der Waals surface area contributed by atoms with E-state index in [9.17, 15) is 0 Å². The number of nitrogens with zero attached hydrogens (tertiary/aromatic N) is 2. The number of hydrogen-bond acceptors (Lipinski definition) is 3. The quantitative estimate of drug-likeness (QED) is 0.882. The minimum atomic E-state index is 0.402. The lowest BCUT2D eigenvalue weighted by Gasteiger charge is -2.06. The van der Waals surface area contributed by atoms with E-state index in [4.69, 9.17) is 0 Å². The Kier molecular flexibility index (Phi) is 3.41. The van der Waals surface area contributed by atoms with Crippen molar-refractivity contribution in [2.75, 3.05) is 7.05 Å². The molecule has 0 aliphatic carbocycles. The highest BCUT2D eigenvalue weighted by atomic mass is 32.1. The Morgan fingerprint density at radius 1 is 1.56 bits per heavy atom. The summed E-state index contributed by atoms with van der Waals surface area (Å²) in [5, 5.41) is 6.49. The Balaban J connectivity index is 2.08. The van der Waals surface area contributed by atoms with E-state index in [1.807, 2.05) is 14.0 Å². The van der Waals surface area contributed by atoms with Crippen LogP contribution in [0.15, 0.2) is 23.8 Å². The molecule has 1 unspecified atom stereocenters. The third-order valence-corrected chi connectivity index (χ3v) is 3.64. The molecule has 0 bridgehead atoms. The highest BCUT2D eigenvalue weighted by molar-refractivity contribution is 7.09. The topological polar surface area (TPSA) is 29.9 Å². The van der Waals surface area contributed by atoms with Gasteiger partial charge in [0.1, 0.15) is 5.01 Å². The zero-order valence-electron chi connectivity index (χ0n) is 9.90. The average Bonchev–Trinajstić information content (AvgIpc) is 2.87. The van der Waals surface area contributed by atoms with E-state index in [2.05, 4.69) is 45.6 Å². The van der Waals surface area contributed by atoms with Crippen LogP contribution in [0.5, 0.6) is 0 Å². The van der Waals surface area contributed by atoms with Crippen molar-refractivity contribution in [3.63, 3.8) is 0 Å². The molecule has 0 amide bonds. The summed E-state index contributed by atoms with van der Waals surface area (Å²) in [6.45, 7) is 5.06. The fourth-order valence-electron chi connectivity index (χ4n) is 1.61. The number of hydrogen-bond donors (Lipinski definition) is 1. The second-order valence-corrected chi connectivity index (χ2v) is 4.95. The van der Waals surface area contributed by atoms with Gasteiger partial charge in [-0.15, -0.1) is 11.3 Å². The fourth-order valence-corrected chi connectivity index (χ4v) is 2.39. The molecule has 0 saturated carbocycles. The normalized spacial score (nSPS) is 12.9. The Labute approximate surface area is 100 Å². The molecule has 0 saturated heterocycles. The number of thiazole rings is 1. The van der Waals surface area contributed by atoms with Crippen LogP contribution < -0.4 is 5.32 Å². The summed E-state index contributed by atoms with van der Waals surface area (Å²) < 4.78 is 2.18. The summed E-state index contributed by atoms with van der Waals surface area (Å²) in [4.78, 5) is 4.46. The number of aromatic nitrogens is 2. The largest absolute Gasteiger partial charge is 0.347 e. The highest BCUT2D eigenvalue weighted by Crippen LogP contribution is 2.15. The van der Waals surface area contributed by atoms with Crippen LogP contribution in [0.25, 0.3) is 0 Å². The first-order chi connectivity index (χ1) is 7.69. The van der Waals surface area contributed by atoms with Gasteiger partial charge in [0, 0.05) is 29.5 Å². The lowest BCUT2D eigenvalue weighted by molar-refractivity contribution is 0.649. The van der Waals surface area contributed by atoms with E-state index in [1.54, 1.807) is 11.3 Å². The summed E-state index contributed by atoms with van der Waals surface area (Å²) in [5.41, 5.74) is 2.42. The van der Waals surface area contributed by atoms with E-state index in [-0.39, 0.29) is 0 Å². The van der Waals surface area contributed by atoms with E-state index in [1.165, 1.54) is 5.56 Å². The summed E-state index contributed by atoms with van der Waals surface area (Å²) in [5.74, 6) is 0. The SMILES string of the molecule is CNC(C)c1ccn(Cc2nc(C)cs2)c1. The van der Waals surface area contributed by atoms with Gasteiger partial charge in [0.25, 0.3) is 0 Å². The lowest BCUT2D eigenvalue weighted by atomic mass is 10.2. The van der Waals surface area contributed by atoms with Crippen molar-refractivity contribution in [2.45, 2.75) is 26.4 Å². The predicted molar refractivity (Wildman–Crippen MR) is 67.9 cm³/mol. The van der Waals surface area contributed by atoms with Crippen LogP contribution in [-0.2, 0) is 6.54 Å². The van der Waals surface area contributed by atoms with Gasteiger partial charge in [-0.3, -0.25) is 0 Å². The van der Waals surface area contributed by atoms with Gasteiger partial charge in [0.05, 0.1) is 6.54 Å². The van der Waals surface area contributed by atoms with Crippen molar-refractivity contribution < 1.29 is 0 Å². The lowest BCUT2D eigenvalue weighted by Crippen LogP contribution is -2.11. The van der Waals surface area contributed by atoms with Crippen molar-refractivity contribution >= 4 is 11.3 Å². The van der Waals surface area contributed by atoms with Crippen LogP contribution in [0, 0.1) is 6.92 Å². The third kappa shape index (κ3) is 2.51. The summed E-state index contributed by atoms with van der Waals surface area (Å²) in [6, 6.07) is 2.56. The van der Waals surface area contributed by atoms with Crippen molar-refractivity contribution in [1.82, 2.24) is 14.9 Å². The zero-order valence-corrected chi connectivity index (χ0v) is 10.7. The smallest absolute Gasteiger partial charge is 0.113 e. The van der Waals surface area contributed by atoms with Crippen molar-refractivity contribution in [3.05, 3.63) is 40.1 Å². The van der Waals surface area contributed by atoms with E-state index >= 15 is 0 Å². The maximum absolute atomic E-state index is 4.46. The molecule has 16 heavy (non-hydrogen) atoms. The van der Waals surface area contributed by atoms with Crippen LogP contribution >= 0.6 is 11.3 Å².